The number of rotatable bonds is 2. The molecule has 5 nitrogen and oxygen atoms in total. The fourth-order valence-corrected chi connectivity index (χ4v) is 2.78. The molecule has 2 atom stereocenters. The number of hydrogen-bond acceptors (Lipinski definition) is 3. The first-order valence-electron chi connectivity index (χ1n) is 6.51. The first-order chi connectivity index (χ1) is 8.37. The number of piperidine rings is 1. The molecule has 2 N–H and O–H groups in total. The van der Waals surface area contributed by atoms with E-state index in [0.717, 1.165) is 19.3 Å². The maximum absolute atomic E-state index is 12.1. The Morgan fingerprint density at radius 2 is 2.06 bits per heavy atom. The average Bonchev–Trinajstić information content (AvgIpc) is 2.63. The highest BCUT2D eigenvalue weighted by atomic mass is 16.2. The fourth-order valence-electron chi connectivity index (χ4n) is 2.78. The summed E-state index contributed by atoms with van der Waals surface area (Å²) < 4.78 is 0. The van der Waals surface area contributed by atoms with E-state index in [1.807, 2.05) is 0 Å². The van der Waals surface area contributed by atoms with Crippen LogP contribution in [-0.2, 0) is 14.4 Å². The Labute approximate surface area is 107 Å². The Morgan fingerprint density at radius 3 is 2.61 bits per heavy atom. The molecule has 100 valence electrons. The van der Waals surface area contributed by atoms with Gasteiger partial charge in [-0.1, -0.05) is 13.8 Å². The van der Waals surface area contributed by atoms with Crippen molar-refractivity contribution in [3.8, 4) is 0 Å². The summed E-state index contributed by atoms with van der Waals surface area (Å²) in [4.78, 5) is 34.6. The molecular weight excluding hydrogens is 232 g/mol. The van der Waals surface area contributed by atoms with Gasteiger partial charge in [-0.15, -0.1) is 0 Å². The standard InChI is InChI=1S/C13H20N2O3/c1-13(2)6-5-8(7-13)11(17)14-9-3-4-10(16)15-12(9)18/h8-9H,3-7H2,1-2H3,(H,14,17)(H,15,16,18). The van der Waals surface area contributed by atoms with E-state index < -0.39 is 6.04 Å². The van der Waals surface area contributed by atoms with Gasteiger partial charge in [0, 0.05) is 12.3 Å². The fraction of sp³-hybridized carbons (Fsp3) is 0.769. The lowest BCUT2D eigenvalue weighted by Gasteiger charge is -2.23. The summed E-state index contributed by atoms with van der Waals surface area (Å²) in [7, 11) is 0. The third-order valence-electron chi connectivity index (χ3n) is 3.90. The van der Waals surface area contributed by atoms with Crippen LogP contribution in [-0.4, -0.2) is 23.8 Å². The largest absolute Gasteiger partial charge is 0.344 e. The molecule has 2 fully saturated rings. The molecule has 1 aliphatic carbocycles. The predicted octanol–water partition coefficient (Wildman–Crippen LogP) is 0.734. The molecule has 1 heterocycles. The third kappa shape index (κ3) is 2.89. The molecule has 1 aliphatic heterocycles. The van der Waals surface area contributed by atoms with E-state index in [1.54, 1.807) is 0 Å². The van der Waals surface area contributed by atoms with Crippen LogP contribution >= 0.6 is 0 Å². The molecule has 2 unspecified atom stereocenters. The first kappa shape index (κ1) is 13.1. The Morgan fingerprint density at radius 1 is 1.33 bits per heavy atom. The summed E-state index contributed by atoms with van der Waals surface area (Å²) >= 11 is 0. The van der Waals surface area contributed by atoms with Gasteiger partial charge in [0.2, 0.25) is 17.7 Å². The summed E-state index contributed by atoms with van der Waals surface area (Å²) in [6.45, 7) is 4.32. The van der Waals surface area contributed by atoms with E-state index in [1.165, 1.54) is 0 Å². The molecule has 0 aromatic rings. The van der Waals surface area contributed by atoms with Gasteiger partial charge in [-0.3, -0.25) is 19.7 Å². The number of imide groups is 1. The van der Waals surface area contributed by atoms with Crippen LogP contribution in [0.25, 0.3) is 0 Å². The SMILES string of the molecule is CC1(C)CCC(C(=O)NC2CCC(=O)NC2=O)C1. The molecule has 3 amide bonds. The van der Waals surface area contributed by atoms with Gasteiger partial charge in [0.25, 0.3) is 0 Å². The van der Waals surface area contributed by atoms with Gasteiger partial charge < -0.3 is 5.32 Å². The topological polar surface area (TPSA) is 75.3 Å². The lowest BCUT2D eigenvalue weighted by Crippen LogP contribution is -2.53. The van der Waals surface area contributed by atoms with Crippen LogP contribution in [0.2, 0.25) is 0 Å². The Bertz CT molecular complexity index is 390. The molecule has 18 heavy (non-hydrogen) atoms. The van der Waals surface area contributed by atoms with Crippen LogP contribution in [0.3, 0.4) is 0 Å². The van der Waals surface area contributed by atoms with Gasteiger partial charge in [0.05, 0.1) is 0 Å². The molecule has 2 aliphatic rings. The summed E-state index contributed by atoms with van der Waals surface area (Å²) in [5.74, 6) is -0.676. The van der Waals surface area contributed by atoms with Crippen LogP contribution in [0, 0.1) is 11.3 Å². The van der Waals surface area contributed by atoms with E-state index in [0.29, 0.717) is 12.8 Å². The molecule has 0 aromatic carbocycles. The molecule has 0 aromatic heterocycles. The van der Waals surface area contributed by atoms with E-state index in [4.69, 9.17) is 0 Å². The Balaban J connectivity index is 1.88. The van der Waals surface area contributed by atoms with Crippen molar-refractivity contribution >= 4 is 17.7 Å². The zero-order valence-corrected chi connectivity index (χ0v) is 10.9. The lowest BCUT2D eigenvalue weighted by atomic mass is 9.90. The van der Waals surface area contributed by atoms with Crippen molar-refractivity contribution in [3.05, 3.63) is 0 Å². The predicted molar refractivity (Wildman–Crippen MR) is 65.4 cm³/mol. The van der Waals surface area contributed by atoms with Crippen molar-refractivity contribution in [1.82, 2.24) is 10.6 Å². The number of carbonyl (C=O) groups excluding carboxylic acids is 3. The van der Waals surface area contributed by atoms with Crippen molar-refractivity contribution in [3.63, 3.8) is 0 Å². The van der Waals surface area contributed by atoms with E-state index in [2.05, 4.69) is 24.5 Å². The average molecular weight is 252 g/mol. The zero-order valence-electron chi connectivity index (χ0n) is 10.9. The molecular formula is C13H20N2O3. The van der Waals surface area contributed by atoms with Crippen LogP contribution in [0.1, 0.15) is 46.0 Å². The van der Waals surface area contributed by atoms with Crippen LogP contribution in [0.4, 0.5) is 0 Å². The van der Waals surface area contributed by atoms with Gasteiger partial charge in [0.1, 0.15) is 6.04 Å². The van der Waals surface area contributed by atoms with E-state index in [9.17, 15) is 14.4 Å². The highest BCUT2D eigenvalue weighted by Gasteiger charge is 2.37. The van der Waals surface area contributed by atoms with Crippen LogP contribution in [0.5, 0.6) is 0 Å². The van der Waals surface area contributed by atoms with Gasteiger partial charge >= 0.3 is 0 Å². The first-order valence-corrected chi connectivity index (χ1v) is 6.51. The molecule has 1 saturated carbocycles. The summed E-state index contributed by atoms with van der Waals surface area (Å²) in [6, 6.07) is -0.543. The van der Waals surface area contributed by atoms with Gasteiger partial charge in [-0.2, -0.15) is 0 Å². The number of carbonyl (C=O) groups is 3. The number of hydrogen-bond donors (Lipinski definition) is 2. The Kier molecular flexibility index (Phi) is 3.41. The van der Waals surface area contributed by atoms with Crippen LogP contribution < -0.4 is 10.6 Å². The van der Waals surface area contributed by atoms with Gasteiger partial charge in [-0.05, 0) is 31.1 Å². The zero-order chi connectivity index (χ0) is 13.3. The summed E-state index contributed by atoms with van der Waals surface area (Å²) in [5.41, 5.74) is 0.215. The van der Waals surface area contributed by atoms with E-state index >= 15 is 0 Å². The second-order valence-corrected chi connectivity index (χ2v) is 6.12. The quantitative estimate of drug-likeness (QED) is 0.712. The van der Waals surface area contributed by atoms with Crippen molar-refractivity contribution in [2.24, 2.45) is 11.3 Å². The summed E-state index contributed by atoms with van der Waals surface area (Å²) in [6.07, 6.45) is 3.50. The molecule has 0 bridgehead atoms. The van der Waals surface area contributed by atoms with Crippen molar-refractivity contribution in [1.29, 1.82) is 0 Å². The minimum absolute atomic E-state index is 0.00503. The number of amides is 3. The molecule has 1 saturated heterocycles. The Hall–Kier alpha value is -1.39. The van der Waals surface area contributed by atoms with Gasteiger partial charge in [-0.25, -0.2) is 0 Å². The maximum Gasteiger partial charge on any atom is 0.249 e. The smallest absolute Gasteiger partial charge is 0.249 e. The molecule has 5 heteroatoms. The molecule has 2 rings (SSSR count). The number of nitrogens with one attached hydrogen (secondary N) is 2. The summed E-state index contributed by atoms with van der Waals surface area (Å²) in [5, 5.41) is 5.01. The van der Waals surface area contributed by atoms with Crippen molar-refractivity contribution < 1.29 is 14.4 Å². The minimum atomic E-state index is -0.543. The second kappa shape index (κ2) is 4.71. The monoisotopic (exact) mass is 252 g/mol. The second-order valence-electron chi connectivity index (χ2n) is 6.12. The maximum atomic E-state index is 12.1. The van der Waals surface area contributed by atoms with Crippen molar-refractivity contribution in [2.75, 3.05) is 0 Å². The van der Waals surface area contributed by atoms with Crippen LogP contribution in [0.15, 0.2) is 0 Å². The molecule has 0 spiro atoms. The highest BCUT2D eigenvalue weighted by Crippen LogP contribution is 2.40. The minimum Gasteiger partial charge on any atom is -0.344 e. The van der Waals surface area contributed by atoms with Crippen molar-refractivity contribution in [2.45, 2.75) is 52.0 Å². The highest BCUT2D eigenvalue weighted by molar-refractivity contribution is 6.01. The van der Waals surface area contributed by atoms with E-state index in [-0.39, 0.29) is 29.1 Å². The normalized spacial score (nSPS) is 31.0. The molecule has 0 radical (unpaired) electrons. The van der Waals surface area contributed by atoms with Gasteiger partial charge in [0.15, 0.2) is 0 Å². The third-order valence-corrected chi connectivity index (χ3v) is 3.90. The lowest BCUT2D eigenvalue weighted by molar-refractivity contribution is -0.138.